The van der Waals surface area contributed by atoms with Gasteiger partial charge in [-0.3, -0.25) is 0 Å². The molecular weight excluding hydrogens is 286 g/mol. The average Bonchev–Trinajstić information content (AvgIpc) is 2.87. The van der Waals surface area contributed by atoms with Gasteiger partial charge < -0.3 is 15.2 Å². The van der Waals surface area contributed by atoms with Crippen LogP contribution in [-0.2, 0) is 0 Å². The van der Waals surface area contributed by atoms with Crippen LogP contribution >= 0.6 is 0 Å². The number of fused-ring (bicyclic) bond motifs is 1. The van der Waals surface area contributed by atoms with Gasteiger partial charge in [0.1, 0.15) is 25.0 Å². The first kappa shape index (κ1) is 16.3. The molecule has 1 aliphatic rings. The number of hydrogen-bond donors (Lipinski definition) is 2. The fourth-order valence-corrected chi connectivity index (χ4v) is 3.47. The maximum absolute atomic E-state index is 10.2. The molecule has 0 amide bonds. The van der Waals surface area contributed by atoms with Gasteiger partial charge in [0.05, 0.1) is 6.04 Å². The van der Waals surface area contributed by atoms with Crippen molar-refractivity contribution >= 4 is 10.8 Å². The van der Waals surface area contributed by atoms with Gasteiger partial charge in [-0.05, 0) is 37.1 Å². The molecule has 124 valence electrons. The maximum atomic E-state index is 10.2. The Bertz CT molecular complexity index is 600. The van der Waals surface area contributed by atoms with Crippen molar-refractivity contribution in [2.24, 2.45) is 0 Å². The standard InChI is InChI=1S/C20H27NO2/c22-18(14-21-17-10-3-1-2-4-11-17)15-23-20-13-7-9-16-8-5-6-12-19(16)20/h5-9,12-13,17-18,21-22H,1-4,10-11,14-15H2/p+1/t18-/m0/s1. The molecule has 0 unspecified atom stereocenters. The van der Waals surface area contributed by atoms with Gasteiger partial charge in [0.25, 0.3) is 0 Å². The monoisotopic (exact) mass is 314 g/mol. The first-order valence-corrected chi connectivity index (χ1v) is 8.95. The van der Waals surface area contributed by atoms with Crippen LogP contribution in [0.1, 0.15) is 38.5 Å². The van der Waals surface area contributed by atoms with Gasteiger partial charge in [-0.25, -0.2) is 0 Å². The van der Waals surface area contributed by atoms with Gasteiger partial charge in [0.2, 0.25) is 0 Å². The number of aliphatic hydroxyl groups excluding tert-OH is 1. The fraction of sp³-hybridized carbons (Fsp3) is 0.500. The summed E-state index contributed by atoms with van der Waals surface area (Å²) >= 11 is 0. The summed E-state index contributed by atoms with van der Waals surface area (Å²) in [5.41, 5.74) is 0. The molecule has 3 heteroatoms. The van der Waals surface area contributed by atoms with E-state index in [-0.39, 0.29) is 0 Å². The highest BCUT2D eigenvalue weighted by atomic mass is 16.5. The summed E-state index contributed by atoms with van der Waals surface area (Å²) in [6.07, 6.45) is 7.58. The summed E-state index contributed by atoms with van der Waals surface area (Å²) in [5, 5.41) is 14.8. The number of aliphatic hydroxyl groups is 1. The third-order valence-electron chi connectivity index (χ3n) is 4.82. The molecular formula is C20H28NO2+. The summed E-state index contributed by atoms with van der Waals surface area (Å²) < 4.78 is 5.88. The minimum Gasteiger partial charge on any atom is -0.490 e. The molecule has 0 saturated heterocycles. The third kappa shape index (κ3) is 4.69. The molecule has 23 heavy (non-hydrogen) atoms. The lowest BCUT2D eigenvalue weighted by Gasteiger charge is -2.17. The predicted molar refractivity (Wildman–Crippen MR) is 93.7 cm³/mol. The van der Waals surface area contributed by atoms with Gasteiger partial charge in [0.15, 0.2) is 0 Å². The molecule has 1 aliphatic carbocycles. The fourth-order valence-electron chi connectivity index (χ4n) is 3.47. The Morgan fingerprint density at radius 1 is 1.00 bits per heavy atom. The van der Waals surface area contributed by atoms with Crippen molar-refractivity contribution in [3.8, 4) is 5.75 Å². The summed E-state index contributed by atoms with van der Waals surface area (Å²) in [6.45, 7) is 1.09. The Morgan fingerprint density at radius 2 is 1.74 bits per heavy atom. The van der Waals surface area contributed by atoms with E-state index in [2.05, 4.69) is 23.5 Å². The smallest absolute Gasteiger partial charge is 0.137 e. The van der Waals surface area contributed by atoms with Crippen LogP contribution in [0.15, 0.2) is 42.5 Å². The van der Waals surface area contributed by atoms with Gasteiger partial charge >= 0.3 is 0 Å². The Labute approximate surface area is 138 Å². The van der Waals surface area contributed by atoms with Crippen LogP contribution in [0.3, 0.4) is 0 Å². The number of quaternary nitrogens is 1. The highest BCUT2D eigenvalue weighted by molar-refractivity contribution is 5.88. The van der Waals surface area contributed by atoms with Crippen LogP contribution in [0.5, 0.6) is 5.75 Å². The highest BCUT2D eigenvalue weighted by Gasteiger charge is 2.17. The Kier molecular flexibility index (Phi) is 5.89. The van der Waals surface area contributed by atoms with E-state index in [4.69, 9.17) is 4.74 Å². The minimum atomic E-state index is -0.419. The summed E-state index contributed by atoms with van der Waals surface area (Å²) in [6, 6.07) is 14.9. The van der Waals surface area contributed by atoms with E-state index < -0.39 is 6.10 Å². The SMILES string of the molecule is O[C@@H](C[NH2+]C1CCCCCC1)COc1cccc2ccccc12. The van der Waals surface area contributed by atoms with Crippen LogP contribution in [0.25, 0.3) is 10.8 Å². The van der Waals surface area contributed by atoms with Crippen molar-refractivity contribution in [3.05, 3.63) is 42.5 Å². The second-order valence-electron chi connectivity index (χ2n) is 6.67. The van der Waals surface area contributed by atoms with Gasteiger partial charge in [0, 0.05) is 5.39 Å². The number of ether oxygens (including phenoxy) is 1. The molecule has 0 aliphatic heterocycles. The van der Waals surface area contributed by atoms with Crippen LogP contribution < -0.4 is 10.1 Å². The highest BCUT2D eigenvalue weighted by Crippen LogP contribution is 2.25. The molecule has 0 aromatic heterocycles. The first-order valence-electron chi connectivity index (χ1n) is 8.95. The zero-order valence-electron chi connectivity index (χ0n) is 13.8. The van der Waals surface area contributed by atoms with Crippen molar-refractivity contribution in [2.75, 3.05) is 13.2 Å². The molecule has 0 bridgehead atoms. The van der Waals surface area contributed by atoms with Crippen molar-refractivity contribution in [3.63, 3.8) is 0 Å². The molecule has 2 aromatic rings. The van der Waals surface area contributed by atoms with Crippen LogP contribution in [-0.4, -0.2) is 30.4 Å². The van der Waals surface area contributed by atoms with Crippen molar-refractivity contribution in [2.45, 2.75) is 50.7 Å². The van der Waals surface area contributed by atoms with E-state index >= 15 is 0 Å². The van der Waals surface area contributed by atoms with E-state index in [0.717, 1.165) is 17.7 Å². The minimum absolute atomic E-state index is 0.358. The summed E-state index contributed by atoms with van der Waals surface area (Å²) in [5.74, 6) is 0.858. The van der Waals surface area contributed by atoms with E-state index in [0.29, 0.717) is 12.6 Å². The lowest BCUT2D eigenvalue weighted by Crippen LogP contribution is -2.91. The van der Waals surface area contributed by atoms with Crippen LogP contribution in [0.2, 0.25) is 0 Å². The molecule has 0 radical (unpaired) electrons. The van der Waals surface area contributed by atoms with Crippen LogP contribution in [0, 0.1) is 0 Å². The topological polar surface area (TPSA) is 46.1 Å². The second kappa shape index (κ2) is 8.32. The third-order valence-corrected chi connectivity index (χ3v) is 4.82. The normalized spacial score (nSPS) is 17.8. The van der Waals surface area contributed by atoms with E-state index in [1.807, 2.05) is 24.3 Å². The molecule has 1 atom stereocenters. The molecule has 1 saturated carbocycles. The van der Waals surface area contributed by atoms with Gasteiger partial charge in [-0.1, -0.05) is 49.2 Å². The Morgan fingerprint density at radius 3 is 2.57 bits per heavy atom. The molecule has 1 fully saturated rings. The van der Waals surface area contributed by atoms with Gasteiger partial charge in [-0.2, -0.15) is 0 Å². The molecule has 3 nitrogen and oxygen atoms in total. The summed E-state index contributed by atoms with van der Waals surface area (Å²) in [7, 11) is 0. The number of benzene rings is 2. The summed E-state index contributed by atoms with van der Waals surface area (Å²) in [4.78, 5) is 0. The molecule has 0 spiro atoms. The first-order chi connectivity index (χ1) is 11.3. The zero-order valence-corrected chi connectivity index (χ0v) is 13.8. The van der Waals surface area contributed by atoms with E-state index in [9.17, 15) is 5.11 Å². The number of rotatable bonds is 6. The van der Waals surface area contributed by atoms with E-state index in [1.165, 1.54) is 43.9 Å². The lowest BCUT2D eigenvalue weighted by atomic mass is 10.1. The van der Waals surface area contributed by atoms with Crippen molar-refractivity contribution < 1.29 is 15.2 Å². The zero-order chi connectivity index (χ0) is 15.9. The Balaban J connectivity index is 1.49. The number of hydrogen-bond acceptors (Lipinski definition) is 2. The molecule has 0 heterocycles. The average molecular weight is 314 g/mol. The quantitative estimate of drug-likeness (QED) is 0.805. The van der Waals surface area contributed by atoms with Crippen molar-refractivity contribution in [1.29, 1.82) is 0 Å². The van der Waals surface area contributed by atoms with Gasteiger partial charge in [-0.15, -0.1) is 0 Å². The second-order valence-corrected chi connectivity index (χ2v) is 6.67. The maximum Gasteiger partial charge on any atom is 0.137 e. The molecule has 3 rings (SSSR count). The predicted octanol–water partition coefficient (Wildman–Crippen LogP) is 2.87. The largest absolute Gasteiger partial charge is 0.490 e. The lowest BCUT2D eigenvalue weighted by molar-refractivity contribution is -0.695. The molecule has 3 N–H and O–H groups in total. The van der Waals surface area contributed by atoms with E-state index in [1.54, 1.807) is 0 Å². The number of nitrogens with two attached hydrogens (primary N) is 1. The van der Waals surface area contributed by atoms with Crippen molar-refractivity contribution in [1.82, 2.24) is 0 Å². The Hall–Kier alpha value is -1.58. The molecule has 2 aromatic carbocycles. The van der Waals surface area contributed by atoms with Crippen LogP contribution in [0.4, 0.5) is 0 Å².